The standard InChI is InChI=1S/C18H36O3.C8H18/c1-2-3-4-11-14-17(19)15-12-9-7-5-6-8-10-13-16-18(20)21;1-3-5-7-8-6-4-2/h17,19H,2-16H2,1H3,(H,20,21);3-8H2,1-2H3. The van der Waals surface area contributed by atoms with Gasteiger partial charge in [0.2, 0.25) is 0 Å². The van der Waals surface area contributed by atoms with E-state index >= 15 is 0 Å². The molecular formula is C26H54O3. The number of aliphatic hydroxyl groups excluding tert-OH is 1. The van der Waals surface area contributed by atoms with Crippen LogP contribution in [0, 0.1) is 0 Å². The maximum Gasteiger partial charge on any atom is 0.303 e. The van der Waals surface area contributed by atoms with Crippen LogP contribution in [-0.4, -0.2) is 22.3 Å². The minimum atomic E-state index is -0.678. The number of carboxylic acid groups (broad SMARTS) is 1. The topological polar surface area (TPSA) is 57.5 Å². The molecular weight excluding hydrogens is 360 g/mol. The van der Waals surface area contributed by atoms with Gasteiger partial charge in [-0.2, -0.15) is 0 Å². The fraction of sp³-hybridized carbons (Fsp3) is 0.962. The van der Waals surface area contributed by atoms with Gasteiger partial charge >= 0.3 is 5.97 Å². The predicted molar refractivity (Wildman–Crippen MR) is 128 cm³/mol. The van der Waals surface area contributed by atoms with E-state index in [4.69, 9.17) is 5.11 Å². The van der Waals surface area contributed by atoms with Gasteiger partial charge in [-0.15, -0.1) is 0 Å². The zero-order valence-corrected chi connectivity index (χ0v) is 20.2. The van der Waals surface area contributed by atoms with Gasteiger partial charge in [-0.25, -0.2) is 0 Å². The summed E-state index contributed by atoms with van der Waals surface area (Å²) in [6.45, 7) is 6.72. The van der Waals surface area contributed by atoms with E-state index in [1.54, 1.807) is 0 Å². The smallest absolute Gasteiger partial charge is 0.303 e. The zero-order chi connectivity index (χ0) is 22.0. The van der Waals surface area contributed by atoms with Gasteiger partial charge in [0, 0.05) is 6.42 Å². The second-order valence-corrected chi connectivity index (χ2v) is 8.68. The van der Waals surface area contributed by atoms with Crippen molar-refractivity contribution in [2.45, 2.75) is 162 Å². The third kappa shape index (κ3) is 32.3. The molecule has 1 unspecified atom stereocenters. The van der Waals surface area contributed by atoms with Crippen LogP contribution in [-0.2, 0) is 4.79 Å². The summed E-state index contributed by atoms with van der Waals surface area (Å²) in [4.78, 5) is 10.3. The lowest BCUT2D eigenvalue weighted by atomic mass is 10.0. The largest absolute Gasteiger partial charge is 0.481 e. The zero-order valence-electron chi connectivity index (χ0n) is 20.2. The highest BCUT2D eigenvalue weighted by molar-refractivity contribution is 5.66. The molecule has 0 aliphatic carbocycles. The summed E-state index contributed by atoms with van der Waals surface area (Å²) in [5.74, 6) is -0.678. The molecule has 0 fully saturated rings. The van der Waals surface area contributed by atoms with E-state index in [-0.39, 0.29) is 6.10 Å². The molecule has 176 valence electrons. The van der Waals surface area contributed by atoms with Crippen molar-refractivity contribution in [3.63, 3.8) is 0 Å². The number of hydrogen-bond acceptors (Lipinski definition) is 2. The van der Waals surface area contributed by atoms with E-state index in [0.29, 0.717) is 6.42 Å². The Balaban J connectivity index is 0. The first kappa shape index (κ1) is 30.6. The average molecular weight is 415 g/mol. The molecule has 0 bridgehead atoms. The van der Waals surface area contributed by atoms with Crippen LogP contribution in [0.1, 0.15) is 156 Å². The van der Waals surface area contributed by atoms with Crippen molar-refractivity contribution in [1.82, 2.24) is 0 Å². The lowest BCUT2D eigenvalue weighted by molar-refractivity contribution is -0.137. The molecule has 3 nitrogen and oxygen atoms in total. The molecule has 29 heavy (non-hydrogen) atoms. The number of carbonyl (C=O) groups is 1. The van der Waals surface area contributed by atoms with Crippen molar-refractivity contribution < 1.29 is 15.0 Å². The summed E-state index contributed by atoms with van der Waals surface area (Å²) in [5, 5.41) is 18.4. The van der Waals surface area contributed by atoms with Crippen molar-refractivity contribution >= 4 is 5.97 Å². The molecule has 0 amide bonds. The van der Waals surface area contributed by atoms with Gasteiger partial charge in [-0.05, 0) is 19.3 Å². The molecule has 0 aromatic carbocycles. The third-order valence-corrected chi connectivity index (χ3v) is 5.53. The number of hydrogen-bond donors (Lipinski definition) is 2. The maximum absolute atomic E-state index is 10.3. The van der Waals surface area contributed by atoms with Crippen molar-refractivity contribution in [3.05, 3.63) is 0 Å². The molecule has 0 aliphatic heterocycles. The van der Waals surface area contributed by atoms with E-state index in [1.165, 1.54) is 89.9 Å². The molecule has 0 saturated heterocycles. The summed E-state index contributed by atoms with van der Waals surface area (Å²) in [6.07, 6.45) is 24.8. The Morgan fingerprint density at radius 2 is 0.862 bits per heavy atom. The Hall–Kier alpha value is -0.570. The van der Waals surface area contributed by atoms with Crippen LogP contribution in [0.2, 0.25) is 0 Å². The SMILES string of the molecule is CCCCCCC(O)CCCCCCCCCCC(=O)O.CCCCCCCC. The van der Waals surface area contributed by atoms with Gasteiger partial charge in [-0.1, -0.05) is 130 Å². The van der Waals surface area contributed by atoms with Crippen LogP contribution >= 0.6 is 0 Å². The molecule has 3 heteroatoms. The number of aliphatic carboxylic acids is 1. The van der Waals surface area contributed by atoms with E-state index in [9.17, 15) is 9.90 Å². The maximum atomic E-state index is 10.3. The highest BCUT2D eigenvalue weighted by Crippen LogP contribution is 2.14. The van der Waals surface area contributed by atoms with Gasteiger partial charge in [-0.3, -0.25) is 4.79 Å². The van der Waals surface area contributed by atoms with Gasteiger partial charge < -0.3 is 10.2 Å². The summed E-state index contributed by atoms with van der Waals surface area (Å²) in [7, 11) is 0. The summed E-state index contributed by atoms with van der Waals surface area (Å²) < 4.78 is 0. The van der Waals surface area contributed by atoms with E-state index in [2.05, 4.69) is 20.8 Å². The first-order valence-electron chi connectivity index (χ1n) is 13.0. The lowest BCUT2D eigenvalue weighted by Crippen LogP contribution is -2.05. The Bertz CT molecular complexity index is 298. The summed E-state index contributed by atoms with van der Waals surface area (Å²) >= 11 is 0. The molecule has 0 aliphatic rings. The molecule has 0 spiro atoms. The van der Waals surface area contributed by atoms with Crippen LogP contribution < -0.4 is 0 Å². The molecule has 0 rings (SSSR count). The number of rotatable bonds is 21. The van der Waals surface area contributed by atoms with Crippen LogP contribution in [0.3, 0.4) is 0 Å². The van der Waals surface area contributed by atoms with Crippen LogP contribution in [0.25, 0.3) is 0 Å². The normalized spacial score (nSPS) is 11.7. The molecule has 0 aromatic rings. The van der Waals surface area contributed by atoms with Crippen LogP contribution in [0.5, 0.6) is 0 Å². The number of unbranched alkanes of at least 4 members (excludes halogenated alkanes) is 15. The summed E-state index contributed by atoms with van der Waals surface area (Å²) in [6, 6.07) is 0. The average Bonchev–Trinajstić information content (AvgIpc) is 2.70. The van der Waals surface area contributed by atoms with Gasteiger partial charge in [0.05, 0.1) is 6.10 Å². The Morgan fingerprint density at radius 3 is 1.24 bits per heavy atom. The van der Waals surface area contributed by atoms with Gasteiger partial charge in [0.1, 0.15) is 0 Å². The molecule has 0 aromatic heterocycles. The van der Waals surface area contributed by atoms with Crippen molar-refractivity contribution in [2.24, 2.45) is 0 Å². The first-order valence-corrected chi connectivity index (χ1v) is 13.0. The Labute approximate surface area is 183 Å². The Kier molecular flexibility index (Phi) is 29.0. The highest BCUT2D eigenvalue weighted by atomic mass is 16.4. The minimum absolute atomic E-state index is 0.0853. The van der Waals surface area contributed by atoms with Crippen LogP contribution in [0.15, 0.2) is 0 Å². The van der Waals surface area contributed by atoms with Crippen LogP contribution in [0.4, 0.5) is 0 Å². The minimum Gasteiger partial charge on any atom is -0.481 e. The third-order valence-electron chi connectivity index (χ3n) is 5.53. The number of aliphatic hydroxyl groups is 1. The van der Waals surface area contributed by atoms with Gasteiger partial charge in [0.15, 0.2) is 0 Å². The Morgan fingerprint density at radius 1 is 0.552 bits per heavy atom. The van der Waals surface area contributed by atoms with Crippen molar-refractivity contribution in [3.8, 4) is 0 Å². The quantitative estimate of drug-likeness (QED) is 0.185. The van der Waals surface area contributed by atoms with E-state index < -0.39 is 5.97 Å². The summed E-state index contributed by atoms with van der Waals surface area (Å²) in [5.41, 5.74) is 0. The fourth-order valence-electron chi connectivity index (χ4n) is 3.52. The first-order chi connectivity index (χ1) is 14.1. The fourth-order valence-corrected chi connectivity index (χ4v) is 3.52. The molecule has 1 atom stereocenters. The predicted octanol–water partition coefficient (Wildman–Crippen LogP) is 8.67. The van der Waals surface area contributed by atoms with Crippen molar-refractivity contribution in [2.75, 3.05) is 0 Å². The lowest BCUT2D eigenvalue weighted by Gasteiger charge is -2.10. The molecule has 0 radical (unpaired) electrons. The highest BCUT2D eigenvalue weighted by Gasteiger charge is 2.03. The molecule has 0 heterocycles. The second-order valence-electron chi connectivity index (χ2n) is 8.68. The van der Waals surface area contributed by atoms with E-state index in [1.807, 2.05) is 0 Å². The molecule has 2 N–H and O–H groups in total. The monoisotopic (exact) mass is 414 g/mol. The van der Waals surface area contributed by atoms with Crippen molar-refractivity contribution in [1.29, 1.82) is 0 Å². The second kappa shape index (κ2) is 27.4. The molecule has 0 saturated carbocycles. The number of carboxylic acids is 1. The van der Waals surface area contributed by atoms with Gasteiger partial charge in [0.25, 0.3) is 0 Å². The van der Waals surface area contributed by atoms with E-state index in [0.717, 1.165) is 38.5 Å².